The topological polar surface area (TPSA) is 66.6 Å². The second kappa shape index (κ2) is 5.62. The van der Waals surface area contributed by atoms with Gasteiger partial charge < -0.3 is 15.5 Å². The van der Waals surface area contributed by atoms with Crippen molar-refractivity contribution >= 4 is 11.9 Å². The van der Waals surface area contributed by atoms with Crippen molar-refractivity contribution in [1.82, 2.24) is 9.80 Å². The standard InChI is InChI=1S/C15H25N3O2/c16-15(20)17-8-2-6-12(10-17)14(19)18-9-3-5-11-4-1-7-13(11)18/h11-13H,1-10H2,(H2,16,20)/t11-,12+,13-/m1/s1. The molecular formula is C15H25N3O2. The minimum Gasteiger partial charge on any atom is -0.351 e. The molecule has 5 heteroatoms. The summed E-state index contributed by atoms with van der Waals surface area (Å²) in [5.41, 5.74) is 5.36. The fraction of sp³-hybridized carbons (Fsp3) is 0.867. The number of likely N-dealkylation sites (tertiary alicyclic amines) is 2. The molecule has 0 unspecified atom stereocenters. The number of nitrogens with two attached hydrogens (primary N) is 1. The van der Waals surface area contributed by atoms with Gasteiger partial charge in [-0.1, -0.05) is 6.42 Å². The molecule has 0 aromatic heterocycles. The number of hydrogen-bond donors (Lipinski definition) is 1. The first-order valence-corrected chi connectivity index (χ1v) is 8.01. The van der Waals surface area contributed by atoms with Crippen LogP contribution in [-0.4, -0.2) is 47.4 Å². The highest BCUT2D eigenvalue weighted by atomic mass is 16.2. The van der Waals surface area contributed by atoms with Gasteiger partial charge in [-0.05, 0) is 44.4 Å². The summed E-state index contributed by atoms with van der Waals surface area (Å²) in [6.07, 6.45) is 7.93. The van der Waals surface area contributed by atoms with Gasteiger partial charge in [0, 0.05) is 25.7 Å². The molecule has 3 fully saturated rings. The molecule has 0 aromatic carbocycles. The van der Waals surface area contributed by atoms with Crippen LogP contribution >= 0.6 is 0 Å². The van der Waals surface area contributed by atoms with Gasteiger partial charge in [-0.15, -0.1) is 0 Å². The summed E-state index contributed by atoms with van der Waals surface area (Å²) >= 11 is 0. The third kappa shape index (κ3) is 2.50. The lowest BCUT2D eigenvalue weighted by Crippen LogP contribution is -2.52. The molecule has 20 heavy (non-hydrogen) atoms. The molecule has 1 saturated carbocycles. The number of rotatable bonds is 1. The molecule has 0 spiro atoms. The van der Waals surface area contributed by atoms with Gasteiger partial charge in [0.15, 0.2) is 0 Å². The molecule has 3 atom stereocenters. The van der Waals surface area contributed by atoms with Gasteiger partial charge in [0.25, 0.3) is 0 Å². The quantitative estimate of drug-likeness (QED) is 0.791. The van der Waals surface area contributed by atoms with Gasteiger partial charge in [-0.3, -0.25) is 4.79 Å². The van der Waals surface area contributed by atoms with Crippen LogP contribution in [-0.2, 0) is 4.79 Å². The van der Waals surface area contributed by atoms with E-state index in [4.69, 9.17) is 5.73 Å². The Morgan fingerprint density at radius 1 is 0.950 bits per heavy atom. The Morgan fingerprint density at radius 2 is 1.70 bits per heavy atom. The molecule has 3 amide bonds. The van der Waals surface area contributed by atoms with E-state index in [1.54, 1.807) is 4.90 Å². The fourth-order valence-corrected chi connectivity index (χ4v) is 4.34. The highest BCUT2D eigenvalue weighted by molar-refractivity contribution is 5.81. The molecule has 0 bridgehead atoms. The van der Waals surface area contributed by atoms with Crippen molar-refractivity contribution in [2.45, 2.75) is 51.0 Å². The molecule has 2 saturated heterocycles. The molecule has 3 aliphatic rings. The molecule has 2 heterocycles. The molecule has 2 aliphatic heterocycles. The Morgan fingerprint density at radius 3 is 2.50 bits per heavy atom. The lowest BCUT2D eigenvalue weighted by Gasteiger charge is -2.41. The van der Waals surface area contributed by atoms with Crippen LogP contribution in [0.1, 0.15) is 44.9 Å². The zero-order valence-electron chi connectivity index (χ0n) is 12.1. The summed E-state index contributed by atoms with van der Waals surface area (Å²) in [6.45, 7) is 2.13. The first-order chi connectivity index (χ1) is 9.66. The van der Waals surface area contributed by atoms with E-state index in [1.807, 2.05) is 0 Å². The van der Waals surface area contributed by atoms with Gasteiger partial charge >= 0.3 is 6.03 Å². The van der Waals surface area contributed by atoms with E-state index in [0.29, 0.717) is 19.1 Å². The van der Waals surface area contributed by atoms with E-state index in [2.05, 4.69) is 4.90 Å². The smallest absolute Gasteiger partial charge is 0.314 e. The SMILES string of the molecule is NC(=O)N1CCC[C@H](C(=O)N2CCC[C@H]3CCC[C@H]32)C1. The Bertz CT molecular complexity index is 399. The Labute approximate surface area is 120 Å². The number of carbonyl (C=O) groups excluding carboxylic acids is 2. The summed E-state index contributed by atoms with van der Waals surface area (Å²) in [5.74, 6) is 0.965. The van der Waals surface area contributed by atoms with Gasteiger partial charge in [-0.2, -0.15) is 0 Å². The van der Waals surface area contributed by atoms with Crippen LogP contribution in [0.3, 0.4) is 0 Å². The lowest BCUT2D eigenvalue weighted by atomic mass is 9.89. The van der Waals surface area contributed by atoms with E-state index in [1.165, 1.54) is 25.7 Å². The molecule has 0 radical (unpaired) electrons. The fourth-order valence-electron chi connectivity index (χ4n) is 4.34. The zero-order valence-corrected chi connectivity index (χ0v) is 12.1. The Kier molecular flexibility index (Phi) is 3.85. The molecule has 112 valence electrons. The monoisotopic (exact) mass is 279 g/mol. The number of amides is 3. The number of urea groups is 1. The van der Waals surface area contributed by atoms with Gasteiger partial charge in [0.05, 0.1) is 5.92 Å². The van der Waals surface area contributed by atoms with E-state index in [-0.39, 0.29) is 17.9 Å². The number of fused-ring (bicyclic) bond motifs is 1. The summed E-state index contributed by atoms with van der Waals surface area (Å²) in [6, 6.07) is 0.0834. The Balaban J connectivity index is 1.66. The van der Waals surface area contributed by atoms with E-state index >= 15 is 0 Å². The van der Waals surface area contributed by atoms with Crippen LogP contribution in [0, 0.1) is 11.8 Å². The summed E-state index contributed by atoms with van der Waals surface area (Å²) in [7, 11) is 0. The van der Waals surface area contributed by atoms with Gasteiger partial charge in [0.2, 0.25) is 5.91 Å². The van der Waals surface area contributed by atoms with E-state index in [0.717, 1.165) is 31.7 Å². The molecule has 2 N–H and O–H groups in total. The number of carbonyl (C=O) groups is 2. The molecule has 0 aromatic rings. The van der Waals surface area contributed by atoms with Crippen molar-refractivity contribution in [2.24, 2.45) is 17.6 Å². The van der Waals surface area contributed by atoms with Crippen molar-refractivity contribution in [3.63, 3.8) is 0 Å². The predicted molar refractivity (Wildman–Crippen MR) is 76.0 cm³/mol. The van der Waals surface area contributed by atoms with Crippen LogP contribution < -0.4 is 5.73 Å². The Hall–Kier alpha value is -1.26. The summed E-state index contributed by atoms with van der Waals surface area (Å²) in [5, 5.41) is 0. The van der Waals surface area contributed by atoms with Crippen molar-refractivity contribution < 1.29 is 9.59 Å². The number of primary amides is 1. The highest BCUT2D eigenvalue weighted by Gasteiger charge is 2.40. The number of piperidine rings is 2. The van der Waals surface area contributed by atoms with Crippen LogP contribution in [0.2, 0.25) is 0 Å². The molecule has 1 aliphatic carbocycles. The van der Waals surface area contributed by atoms with Crippen LogP contribution in [0.5, 0.6) is 0 Å². The predicted octanol–water partition coefficient (Wildman–Crippen LogP) is 1.57. The maximum absolute atomic E-state index is 12.8. The van der Waals surface area contributed by atoms with Crippen LogP contribution in [0.4, 0.5) is 4.79 Å². The van der Waals surface area contributed by atoms with Crippen molar-refractivity contribution in [3.8, 4) is 0 Å². The third-order valence-corrected chi connectivity index (χ3v) is 5.36. The second-order valence-corrected chi connectivity index (χ2v) is 6.56. The molecule has 3 rings (SSSR count). The number of nitrogens with zero attached hydrogens (tertiary/aromatic N) is 2. The van der Waals surface area contributed by atoms with Crippen molar-refractivity contribution in [1.29, 1.82) is 0 Å². The first-order valence-electron chi connectivity index (χ1n) is 8.01. The van der Waals surface area contributed by atoms with Gasteiger partial charge in [0.1, 0.15) is 0 Å². The number of hydrogen-bond acceptors (Lipinski definition) is 2. The largest absolute Gasteiger partial charge is 0.351 e. The summed E-state index contributed by atoms with van der Waals surface area (Å²) in [4.78, 5) is 27.9. The summed E-state index contributed by atoms with van der Waals surface area (Å²) < 4.78 is 0. The first kappa shape index (κ1) is 13.7. The normalized spacial score (nSPS) is 33.9. The minimum atomic E-state index is -0.389. The molecular weight excluding hydrogens is 254 g/mol. The average molecular weight is 279 g/mol. The maximum atomic E-state index is 12.8. The lowest BCUT2D eigenvalue weighted by molar-refractivity contribution is -0.141. The zero-order chi connectivity index (χ0) is 14.1. The highest BCUT2D eigenvalue weighted by Crippen LogP contribution is 2.37. The second-order valence-electron chi connectivity index (χ2n) is 6.56. The van der Waals surface area contributed by atoms with E-state index < -0.39 is 0 Å². The third-order valence-electron chi connectivity index (χ3n) is 5.36. The molecule has 5 nitrogen and oxygen atoms in total. The average Bonchev–Trinajstić information content (AvgIpc) is 2.95. The van der Waals surface area contributed by atoms with E-state index in [9.17, 15) is 9.59 Å². The maximum Gasteiger partial charge on any atom is 0.314 e. The van der Waals surface area contributed by atoms with Gasteiger partial charge in [-0.25, -0.2) is 4.79 Å². The van der Waals surface area contributed by atoms with Crippen LogP contribution in [0.25, 0.3) is 0 Å². The minimum absolute atomic E-state index is 0.0319. The van der Waals surface area contributed by atoms with Crippen molar-refractivity contribution in [3.05, 3.63) is 0 Å². The van der Waals surface area contributed by atoms with Crippen LogP contribution in [0.15, 0.2) is 0 Å². The van der Waals surface area contributed by atoms with Crippen molar-refractivity contribution in [2.75, 3.05) is 19.6 Å².